The average molecular weight is 580 g/mol. The van der Waals surface area contributed by atoms with E-state index in [0.717, 1.165) is 12.8 Å². The number of rotatable bonds is 7. The molecule has 3 amide bonds. The van der Waals surface area contributed by atoms with E-state index in [1.54, 1.807) is 17.1 Å². The number of cyclic esters (lactones) is 1. The van der Waals surface area contributed by atoms with Crippen LogP contribution < -0.4 is 5.32 Å². The Balaban J connectivity index is 1.55. The number of hydrogen-bond donors (Lipinski definition) is 2. The predicted octanol–water partition coefficient (Wildman–Crippen LogP) is 2.29. The zero-order valence-electron chi connectivity index (χ0n) is 24.3. The highest BCUT2D eigenvalue weighted by atomic mass is 16.6. The number of fused-ring (bicyclic) bond motifs is 2. The van der Waals surface area contributed by atoms with Gasteiger partial charge in [-0.2, -0.15) is 0 Å². The molecule has 0 aromatic heterocycles. The maximum Gasteiger partial charge on any atom is 0.313 e. The van der Waals surface area contributed by atoms with Gasteiger partial charge in [-0.05, 0) is 31.7 Å². The molecule has 4 heterocycles. The zero-order chi connectivity index (χ0) is 29.9. The third kappa shape index (κ3) is 5.49. The Morgan fingerprint density at radius 2 is 1.90 bits per heavy atom. The molecule has 2 N–H and O–H groups in total. The number of amides is 3. The molecule has 0 saturated carbocycles. The van der Waals surface area contributed by atoms with Crippen LogP contribution >= 0.6 is 0 Å². The van der Waals surface area contributed by atoms with Crippen molar-refractivity contribution >= 4 is 23.7 Å². The number of carbonyl (C=O) groups is 4. The molecular formula is C32H41N3O7. The summed E-state index contributed by atoms with van der Waals surface area (Å²) in [5.41, 5.74) is -0.592. The molecule has 7 atom stereocenters. The number of ether oxygens (including phenoxy) is 2. The van der Waals surface area contributed by atoms with Crippen LogP contribution in [0.4, 0.5) is 0 Å². The van der Waals surface area contributed by atoms with Crippen LogP contribution in [-0.4, -0.2) is 88.6 Å². The number of nitrogens with zero attached hydrogens (tertiary/aromatic N) is 2. The fraction of sp³-hybridized carbons (Fsp3) is 0.562. The molecule has 226 valence electrons. The number of aliphatic hydroxyl groups excluding tert-OH is 1. The standard InChI is InChI=1S/C32H41N3O7/c1-3-11-21(2)34-17-9-5-8-14-25(37)33-20-24(22-12-6-4-7-13-22)41-31(40)26-23-15-16-32(42-23)27(26)29(38)35(18-10-19-36)28(32)30(34)39/h4-7,9,12-13,15-16,21,23-24,26-28,36H,3,8,10-11,14,17-20H2,1-2H3,(H,33,37)/b9-5-/t21?,23-,24-,26+,27+,28-,32+/m0/s1. The van der Waals surface area contributed by atoms with E-state index >= 15 is 0 Å². The molecule has 1 aromatic rings. The van der Waals surface area contributed by atoms with Crippen LogP contribution in [0, 0.1) is 11.8 Å². The summed E-state index contributed by atoms with van der Waals surface area (Å²) < 4.78 is 12.5. The lowest BCUT2D eigenvalue weighted by atomic mass is 9.74. The summed E-state index contributed by atoms with van der Waals surface area (Å²) in [6.45, 7) is 4.47. The van der Waals surface area contributed by atoms with Crippen LogP contribution in [0.15, 0.2) is 54.6 Å². The normalized spacial score (nSPS) is 33.0. The summed E-state index contributed by atoms with van der Waals surface area (Å²) in [4.78, 5) is 58.4. The highest BCUT2D eigenvalue weighted by Gasteiger charge is 2.73. The quantitative estimate of drug-likeness (QED) is 0.375. The molecule has 4 aliphatic rings. The second-order valence-corrected chi connectivity index (χ2v) is 11.6. The van der Waals surface area contributed by atoms with Crippen molar-refractivity contribution in [3.05, 3.63) is 60.2 Å². The minimum absolute atomic E-state index is 0.0855. The van der Waals surface area contributed by atoms with E-state index in [1.165, 1.54) is 4.90 Å². The molecule has 42 heavy (non-hydrogen) atoms. The topological polar surface area (TPSA) is 125 Å². The molecule has 2 fully saturated rings. The zero-order valence-corrected chi connectivity index (χ0v) is 24.3. The van der Waals surface area contributed by atoms with Crippen molar-refractivity contribution in [1.29, 1.82) is 0 Å². The third-order valence-corrected chi connectivity index (χ3v) is 8.88. The molecule has 1 spiro atoms. The Bertz CT molecular complexity index is 1230. The fourth-order valence-electron chi connectivity index (χ4n) is 6.85. The lowest BCUT2D eigenvalue weighted by molar-refractivity contribution is -0.159. The Morgan fingerprint density at radius 1 is 1.12 bits per heavy atom. The number of carbonyl (C=O) groups excluding carboxylic acids is 4. The van der Waals surface area contributed by atoms with Crippen molar-refractivity contribution in [3.63, 3.8) is 0 Å². The van der Waals surface area contributed by atoms with Crippen molar-refractivity contribution in [2.24, 2.45) is 11.8 Å². The maximum atomic E-state index is 14.5. The molecule has 5 rings (SSSR count). The average Bonchev–Trinajstić information content (AvgIpc) is 3.63. The molecule has 0 aliphatic carbocycles. The Morgan fingerprint density at radius 3 is 2.64 bits per heavy atom. The monoisotopic (exact) mass is 579 g/mol. The summed E-state index contributed by atoms with van der Waals surface area (Å²) in [6.07, 6.45) is 8.52. The van der Waals surface area contributed by atoms with Gasteiger partial charge in [-0.3, -0.25) is 19.2 Å². The van der Waals surface area contributed by atoms with Gasteiger partial charge in [-0.1, -0.05) is 68.0 Å². The van der Waals surface area contributed by atoms with Crippen molar-refractivity contribution in [2.45, 2.75) is 75.8 Å². The number of allylic oxidation sites excluding steroid dienone is 1. The first-order valence-corrected chi connectivity index (χ1v) is 15.1. The van der Waals surface area contributed by atoms with Gasteiger partial charge in [0, 0.05) is 32.2 Å². The van der Waals surface area contributed by atoms with E-state index < -0.39 is 41.7 Å². The predicted molar refractivity (Wildman–Crippen MR) is 154 cm³/mol. The van der Waals surface area contributed by atoms with Crippen molar-refractivity contribution in [3.8, 4) is 0 Å². The lowest BCUT2D eigenvalue weighted by Crippen LogP contribution is -2.57. The summed E-state index contributed by atoms with van der Waals surface area (Å²) in [7, 11) is 0. The van der Waals surface area contributed by atoms with Gasteiger partial charge < -0.3 is 29.7 Å². The van der Waals surface area contributed by atoms with Crippen LogP contribution in [-0.2, 0) is 28.7 Å². The molecule has 10 nitrogen and oxygen atoms in total. The number of aliphatic hydroxyl groups is 1. The first kappa shape index (κ1) is 30.0. The Hall–Kier alpha value is -3.50. The molecule has 0 radical (unpaired) electrons. The van der Waals surface area contributed by atoms with Crippen LogP contribution in [0.1, 0.15) is 57.6 Å². The molecule has 4 aliphatic heterocycles. The second kappa shape index (κ2) is 12.8. The maximum absolute atomic E-state index is 14.5. The van der Waals surface area contributed by atoms with E-state index in [0.29, 0.717) is 24.9 Å². The minimum atomic E-state index is -1.31. The van der Waals surface area contributed by atoms with Crippen molar-refractivity contribution in [1.82, 2.24) is 15.1 Å². The summed E-state index contributed by atoms with van der Waals surface area (Å²) in [5, 5.41) is 12.5. The van der Waals surface area contributed by atoms with Crippen LogP contribution in [0.25, 0.3) is 0 Å². The number of hydrogen-bond acceptors (Lipinski definition) is 7. The summed E-state index contributed by atoms with van der Waals surface area (Å²) in [6, 6.07) is 8.08. The second-order valence-electron chi connectivity index (χ2n) is 11.6. The van der Waals surface area contributed by atoms with E-state index in [-0.39, 0.29) is 49.9 Å². The molecular weight excluding hydrogens is 538 g/mol. The molecule has 5 bridgehead atoms. The van der Waals surface area contributed by atoms with E-state index in [2.05, 4.69) is 12.2 Å². The van der Waals surface area contributed by atoms with Crippen LogP contribution in [0.5, 0.6) is 0 Å². The highest BCUT2D eigenvalue weighted by molar-refractivity contribution is 5.99. The number of likely N-dealkylation sites (tertiary alicyclic amines) is 1. The van der Waals surface area contributed by atoms with E-state index in [1.807, 2.05) is 49.4 Å². The third-order valence-electron chi connectivity index (χ3n) is 8.88. The minimum Gasteiger partial charge on any atom is -0.455 e. The largest absolute Gasteiger partial charge is 0.455 e. The Labute approximate surface area is 246 Å². The first-order chi connectivity index (χ1) is 20.3. The summed E-state index contributed by atoms with van der Waals surface area (Å²) >= 11 is 0. The van der Waals surface area contributed by atoms with Gasteiger partial charge in [0.05, 0.1) is 18.6 Å². The molecule has 1 aromatic carbocycles. The van der Waals surface area contributed by atoms with Gasteiger partial charge in [-0.25, -0.2) is 0 Å². The number of benzene rings is 1. The Kier molecular flexibility index (Phi) is 9.13. The molecule has 10 heteroatoms. The van der Waals surface area contributed by atoms with Crippen molar-refractivity contribution in [2.75, 3.05) is 26.2 Å². The summed E-state index contributed by atoms with van der Waals surface area (Å²) in [5.74, 6) is -3.26. The van der Waals surface area contributed by atoms with Crippen molar-refractivity contribution < 1.29 is 33.8 Å². The van der Waals surface area contributed by atoms with Crippen LogP contribution in [0.3, 0.4) is 0 Å². The van der Waals surface area contributed by atoms with E-state index in [4.69, 9.17) is 9.47 Å². The molecule has 1 unspecified atom stereocenters. The van der Waals surface area contributed by atoms with Gasteiger partial charge in [0.15, 0.2) is 0 Å². The van der Waals surface area contributed by atoms with Gasteiger partial charge in [0.2, 0.25) is 17.7 Å². The highest BCUT2D eigenvalue weighted by Crippen LogP contribution is 2.56. The smallest absolute Gasteiger partial charge is 0.313 e. The number of esters is 1. The first-order valence-electron chi connectivity index (χ1n) is 15.1. The van der Waals surface area contributed by atoms with Gasteiger partial charge in [-0.15, -0.1) is 0 Å². The van der Waals surface area contributed by atoms with Gasteiger partial charge in [0.1, 0.15) is 23.7 Å². The van der Waals surface area contributed by atoms with Gasteiger partial charge in [0.25, 0.3) is 0 Å². The van der Waals surface area contributed by atoms with Gasteiger partial charge >= 0.3 is 5.97 Å². The SMILES string of the molecule is CCCC(C)N1C/C=C\CCC(=O)NC[C@@H](c2ccccc2)OC(=O)[C@@H]2[C@@H]3C=C[C@]4(O3)[C@H](C1=O)N(CCCO)C(=O)[C@@H]24. The lowest BCUT2D eigenvalue weighted by Gasteiger charge is -2.38. The fourth-order valence-corrected chi connectivity index (χ4v) is 6.85. The number of nitrogens with one attached hydrogen (secondary N) is 1. The van der Waals surface area contributed by atoms with Crippen LogP contribution in [0.2, 0.25) is 0 Å². The molecule has 2 saturated heterocycles. The van der Waals surface area contributed by atoms with E-state index in [9.17, 15) is 24.3 Å².